The zero-order chi connectivity index (χ0) is 41.7. The number of thioether (sulfide) groups is 2. The van der Waals surface area contributed by atoms with Gasteiger partial charge in [0.05, 0.1) is 60.1 Å². The molecule has 6 aromatic rings. The van der Waals surface area contributed by atoms with E-state index in [1.165, 1.54) is 23.5 Å². The summed E-state index contributed by atoms with van der Waals surface area (Å²) < 4.78 is 23.0. The second-order valence-electron chi connectivity index (χ2n) is 12.7. The first-order valence-electron chi connectivity index (χ1n) is 18.8. The predicted octanol–water partition coefficient (Wildman–Crippen LogP) is 10.5. The molecule has 0 amide bonds. The molecule has 0 bridgehead atoms. The van der Waals surface area contributed by atoms with Gasteiger partial charge in [-0.25, -0.2) is 19.6 Å². The lowest BCUT2D eigenvalue weighted by Crippen LogP contribution is -2.12. The summed E-state index contributed by atoms with van der Waals surface area (Å²) in [5, 5.41) is 21.6. The third kappa shape index (κ3) is 9.42. The van der Waals surface area contributed by atoms with Crippen LogP contribution >= 0.6 is 23.5 Å². The van der Waals surface area contributed by atoms with Gasteiger partial charge in [0.2, 0.25) is 0 Å². The molecule has 0 atom stereocenters. The van der Waals surface area contributed by atoms with E-state index in [0.717, 1.165) is 11.1 Å². The van der Waals surface area contributed by atoms with Gasteiger partial charge in [0.15, 0.2) is 0 Å². The minimum atomic E-state index is -0.555. The molecule has 4 aromatic carbocycles. The molecule has 0 unspecified atom stereocenters. The van der Waals surface area contributed by atoms with Crippen molar-refractivity contribution in [3.63, 3.8) is 0 Å². The highest BCUT2D eigenvalue weighted by Crippen LogP contribution is 2.41. The lowest BCUT2D eigenvalue weighted by Gasteiger charge is -2.18. The number of carbonyl (C=O) groups is 2. The Bertz CT molecular complexity index is 2340. The van der Waals surface area contributed by atoms with Crippen molar-refractivity contribution in [2.24, 2.45) is 0 Å². The zero-order valence-corrected chi connectivity index (χ0v) is 34.6. The predicted molar refractivity (Wildman–Crippen MR) is 231 cm³/mol. The summed E-state index contributed by atoms with van der Waals surface area (Å²) in [6, 6.07) is 37.8. The van der Waals surface area contributed by atoms with Gasteiger partial charge in [-0.3, -0.25) is 0 Å². The van der Waals surface area contributed by atoms with Crippen LogP contribution in [0, 0.1) is 22.7 Å². The molecule has 2 aromatic heterocycles. The SMILES string of the molecule is CCOC(=O)c1c(-c2ccccc2)nc(SC)c(C#N)c1-c1ccc(OCCCOc2ccc(-c3c(C#N)c(SC)nc(-c4ccccc4)c3C(=O)OCC)cc2)cc1. The van der Waals surface area contributed by atoms with Crippen LogP contribution in [0.2, 0.25) is 0 Å². The smallest absolute Gasteiger partial charge is 0.341 e. The number of hydrogen-bond donors (Lipinski definition) is 0. The average Bonchev–Trinajstić information content (AvgIpc) is 3.28. The quantitative estimate of drug-likeness (QED) is 0.0520. The van der Waals surface area contributed by atoms with E-state index in [9.17, 15) is 20.1 Å². The standard InChI is InChI=1S/C47H40N4O6S2/c1-5-54-46(52)40-38(36(28-48)44(58-3)50-42(40)32-14-9-7-10-15-32)30-18-22-34(23-19-30)56-26-13-27-57-35-24-20-31(21-25-35)39-37(29-49)45(59-4)51-43(33-16-11-8-12-17-33)41(39)47(53)55-6-2/h7-12,14-25H,5-6,13,26-27H2,1-4H3. The van der Waals surface area contributed by atoms with Crippen LogP contribution in [0.4, 0.5) is 0 Å². The second-order valence-corrected chi connectivity index (χ2v) is 14.3. The van der Waals surface area contributed by atoms with E-state index in [4.69, 9.17) is 28.9 Å². The third-order valence-corrected chi connectivity index (χ3v) is 10.5. The van der Waals surface area contributed by atoms with Gasteiger partial charge in [0, 0.05) is 28.7 Å². The Kier molecular flexibility index (Phi) is 14.4. The number of rotatable bonds is 16. The number of esters is 2. The molecular weight excluding hydrogens is 781 g/mol. The molecule has 0 saturated heterocycles. The molecule has 0 spiro atoms. The molecule has 12 heteroatoms. The molecular formula is C47H40N4O6S2. The fourth-order valence-electron chi connectivity index (χ4n) is 6.50. The van der Waals surface area contributed by atoms with Crippen LogP contribution < -0.4 is 9.47 Å². The van der Waals surface area contributed by atoms with Crippen LogP contribution in [0.3, 0.4) is 0 Å². The fraction of sp³-hybridized carbons (Fsp3) is 0.191. The van der Waals surface area contributed by atoms with Crippen molar-refractivity contribution in [3.8, 4) is 68.4 Å². The highest BCUT2D eigenvalue weighted by molar-refractivity contribution is 7.98. The van der Waals surface area contributed by atoms with Gasteiger partial charge in [-0.05, 0) is 61.8 Å². The maximum atomic E-state index is 13.5. The number of hydrogen-bond acceptors (Lipinski definition) is 12. The van der Waals surface area contributed by atoms with Gasteiger partial charge >= 0.3 is 11.9 Å². The Morgan fingerprint density at radius 2 is 0.932 bits per heavy atom. The van der Waals surface area contributed by atoms with Crippen LogP contribution in [0.1, 0.15) is 52.1 Å². The first kappa shape index (κ1) is 42.0. The number of benzene rings is 4. The monoisotopic (exact) mass is 820 g/mol. The molecule has 10 nitrogen and oxygen atoms in total. The summed E-state index contributed by atoms with van der Waals surface area (Å²) in [7, 11) is 0. The summed E-state index contributed by atoms with van der Waals surface area (Å²) in [4.78, 5) is 36.5. The molecule has 6 rings (SSSR count). The highest BCUT2D eigenvalue weighted by atomic mass is 32.2. The lowest BCUT2D eigenvalue weighted by molar-refractivity contribution is 0.0518. The number of carbonyl (C=O) groups excluding carboxylic acids is 2. The van der Waals surface area contributed by atoms with Crippen molar-refractivity contribution in [1.82, 2.24) is 9.97 Å². The van der Waals surface area contributed by atoms with Crippen LogP contribution in [0.5, 0.6) is 11.5 Å². The van der Waals surface area contributed by atoms with E-state index in [1.54, 1.807) is 38.1 Å². The molecule has 0 N–H and O–H groups in total. The van der Waals surface area contributed by atoms with E-state index in [2.05, 4.69) is 12.1 Å². The van der Waals surface area contributed by atoms with Crippen LogP contribution in [0.25, 0.3) is 44.8 Å². The van der Waals surface area contributed by atoms with E-state index < -0.39 is 11.9 Å². The van der Waals surface area contributed by atoms with Gasteiger partial charge in [-0.1, -0.05) is 84.9 Å². The molecule has 0 aliphatic carbocycles. The van der Waals surface area contributed by atoms with E-state index >= 15 is 0 Å². The summed E-state index contributed by atoms with van der Waals surface area (Å²) in [6.07, 6.45) is 4.27. The summed E-state index contributed by atoms with van der Waals surface area (Å²) >= 11 is 2.68. The lowest BCUT2D eigenvalue weighted by atomic mass is 9.92. The van der Waals surface area contributed by atoms with Crippen molar-refractivity contribution >= 4 is 35.5 Å². The first-order valence-corrected chi connectivity index (χ1v) is 21.3. The topological polar surface area (TPSA) is 144 Å². The Morgan fingerprint density at radius 3 is 1.25 bits per heavy atom. The summed E-state index contributed by atoms with van der Waals surface area (Å²) in [5.41, 5.74) is 5.67. The van der Waals surface area contributed by atoms with Crippen LogP contribution in [-0.4, -0.2) is 60.8 Å². The van der Waals surface area contributed by atoms with Crippen molar-refractivity contribution < 1.29 is 28.5 Å². The van der Waals surface area contributed by atoms with Crippen molar-refractivity contribution in [2.75, 3.05) is 38.9 Å². The molecule has 2 heterocycles. The number of nitrogens with zero attached hydrogens (tertiary/aromatic N) is 4. The number of nitriles is 2. The van der Waals surface area contributed by atoms with Crippen molar-refractivity contribution in [3.05, 3.63) is 131 Å². The Morgan fingerprint density at radius 1 is 0.559 bits per heavy atom. The minimum Gasteiger partial charge on any atom is -0.493 e. The number of aromatic nitrogens is 2. The highest BCUT2D eigenvalue weighted by Gasteiger charge is 2.29. The second kappa shape index (κ2) is 20.2. The van der Waals surface area contributed by atoms with E-state index in [-0.39, 0.29) is 24.3 Å². The van der Waals surface area contributed by atoms with Crippen molar-refractivity contribution in [1.29, 1.82) is 10.5 Å². The van der Waals surface area contributed by atoms with Gasteiger partial charge in [-0.15, -0.1) is 23.5 Å². The van der Waals surface area contributed by atoms with Crippen molar-refractivity contribution in [2.45, 2.75) is 30.3 Å². The average molecular weight is 821 g/mol. The molecule has 0 aliphatic rings. The maximum absolute atomic E-state index is 13.5. The molecule has 296 valence electrons. The minimum absolute atomic E-state index is 0.169. The normalized spacial score (nSPS) is 10.6. The first-order chi connectivity index (χ1) is 28.9. The third-order valence-electron chi connectivity index (χ3n) is 9.10. The maximum Gasteiger partial charge on any atom is 0.341 e. The number of ether oxygens (including phenoxy) is 4. The number of pyridine rings is 2. The van der Waals surface area contributed by atoms with Gasteiger partial charge in [-0.2, -0.15) is 10.5 Å². The van der Waals surface area contributed by atoms with E-state index in [0.29, 0.717) is 86.0 Å². The van der Waals surface area contributed by atoms with Gasteiger partial charge in [0.25, 0.3) is 0 Å². The van der Waals surface area contributed by atoms with E-state index in [1.807, 2.05) is 97.4 Å². The zero-order valence-electron chi connectivity index (χ0n) is 33.0. The molecule has 0 aliphatic heterocycles. The molecule has 0 saturated carbocycles. The Balaban J connectivity index is 1.17. The van der Waals surface area contributed by atoms with Gasteiger partial charge < -0.3 is 18.9 Å². The largest absolute Gasteiger partial charge is 0.493 e. The molecule has 59 heavy (non-hydrogen) atoms. The van der Waals surface area contributed by atoms with Gasteiger partial charge in [0.1, 0.15) is 33.7 Å². The molecule has 0 radical (unpaired) electrons. The van der Waals surface area contributed by atoms with Crippen LogP contribution in [0.15, 0.2) is 119 Å². The summed E-state index contributed by atoms with van der Waals surface area (Å²) in [6.45, 7) is 4.55. The van der Waals surface area contributed by atoms with Crippen LogP contribution in [-0.2, 0) is 9.47 Å². The summed E-state index contributed by atoms with van der Waals surface area (Å²) in [5.74, 6) is 0.111. The Hall–Kier alpha value is -6.60. The Labute approximate surface area is 352 Å². The fourth-order valence-corrected chi connectivity index (χ4v) is 7.56. The molecule has 0 fully saturated rings.